The first-order valence-corrected chi connectivity index (χ1v) is 11.7. The molecule has 31 heavy (non-hydrogen) atoms. The molecule has 0 fully saturated rings. The SMILES string of the molecule is CCCNc1ccc(CS(=O)(=O)Cc2ccc(NCCC)c([N+](=O)[O-])c2)cc1[N+](=O)[O-]. The molecule has 0 heterocycles. The maximum absolute atomic E-state index is 12.7. The first-order valence-electron chi connectivity index (χ1n) is 9.89. The van der Waals surface area contributed by atoms with E-state index in [1.165, 1.54) is 36.4 Å². The van der Waals surface area contributed by atoms with E-state index in [4.69, 9.17) is 0 Å². The van der Waals surface area contributed by atoms with E-state index in [0.29, 0.717) is 24.5 Å². The maximum Gasteiger partial charge on any atom is 0.292 e. The van der Waals surface area contributed by atoms with Gasteiger partial charge in [-0.2, -0.15) is 0 Å². The van der Waals surface area contributed by atoms with E-state index in [9.17, 15) is 28.6 Å². The van der Waals surface area contributed by atoms with E-state index >= 15 is 0 Å². The Morgan fingerprint density at radius 1 is 0.774 bits per heavy atom. The van der Waals surface area contributed by atoms with Crippen molar-refractivity contribution in [1.82, 2.24) is 0 Å². The van der Waals surface area contributed by atoms with Gasteiger partial charge in [0.2, 0.25) is 0 Å². The lowest BCUT2D eigenvalue weighted by molar-refractivity contribution is -0.384. The summed E-state index contributed by atoms with van der Waals surface area (Å²) in [7, 11) is -3.72. The number of nitrogens with one attached hydrogen (secondary N) is 2. The van der Waals surface area contributed by atoms with Crippen LogP contribution in [0.1, 0.15) is 37.8 Å². The molecule has 0 aliphatic carbocycles. The fourth-order valence-electron chi connectivity index (χ4n) is 3.01. The molecule has 2 rings (SSSR count). The number of anilines is 2. The summed E-state index contributed by atoms with van der Waals surface area (Å²) in [5.41, 5.74) is 0.845. The normalized spacial score (nSPS) is 11.2. The standard InChI is InChI=1S/C20H26N4O6S/c1-3-9-21-17-7-5-15(11-19(17)23(25)26)13-31(29,30)14-16-6-8-18(22-10-4-2)20(12-16)24(27)28/h5-8,11-12,21-22H,3-4,9-10,13-14H2,1-2H3. The van der Waals surface area contributed by atoms with Gasteiger partial charge in [0, 0.05) is 25.2 Å². The van der Waals surface area contributed by atoms with Gasteiger partial charge in [-0.3, -0.25) is 20.2 Å². The van der Waals surface area contributed by atoms with Crippen molar-refractivity contribution < 1.29 is 18.3 Å². The molecule has 0 radical (unpaired) electrons. The number of nitro groups is 2. The van der Waals surface area contributed by atoms with E-state index < -0.39 is 31.2 Å². The van der Waals surface area contributed by atoms with Crippen molar-refractivity contribution in [1.29, 1.82) is 0 Å². The number of hydrogen-bond donors (Lipinski definition) is 2. The van der Waals surface area contributed by atoms with Gasteiger partial charge in [-0.1, -0.05) is 26.0 Å². The molecule has 0 aliphatic heterocycles. The topological polar surface area (TPSA) is 144 Å². The van der Waals surface area contributed by atoms with Crippen molar-refractivity contribution in [2.75, 3.05) is 23.7 Å². The second-order valence-corrected chi connectivity index (χ2v) is 9.17. The van der Waals surface area contributed by atoms with Crippen molar-refractivity contribution in [3.63, 3.8) is 0 Å². The van der Waals surface area contributed by atoms with Gasteiger partial charge in [0.25, 0.3) is 11.4 Å². The van der Waals surface area contributed by atoms with Gasteiger partial charge >= 0.3 is 0 Å². The van der Waals surface area contributed by atoms with Gasteiger partial charge in [-0.25, -0.2) is 8.42 Å². The lowest BCUT2D eigenvalue weighted by atomic mass is 10.2. The number of nitro benzene ring substituents is 2. The monoisotopic (exact) mass is 450 g/mol. The molecular weight excluding hydrogens is 424 g/mol. The van der Waals surface area contributed by atoms with Gasteiger partial charge in [-0.05, 0) is 36.1 Å². The summed E-state index contributed by atoms with van der Waals surface area (Å²) in [5.74, 6) is -0.822. The average molecular weight is 451 g/mol. The quantitative estimate of drug-likeness (QED) is 0.360. The van der Waals surface area contributed by atoms with Crippen LogP contribution in [0.4, 0.5) is 22.7 Å². The van der Waals surface area contributed by atoms with Crippen LogP contribution in [0, 0.1) is 20.2 Å². The van der Waals surface area contributed by atoms with Crippen LogP contribution in [0.3, 0.4) is 0 Å². The Balaban J connectivity index is 2.23. The summed E-state index contributed by atoms with van der Waals surface area (Å²) < 4.78 is 25.3. The van der Waals surface area contributed by atoms with Gasteiger partial charge in [-0.15, -0.1) is 0 Å². The zero-order valence-corrected chi connectivity index (χ0v) is 18.3. The van der Waals surface area contributed by atoms with Crippen molar-refractivity contribution >= 4 is 32.6 Å². The number of rotatable bonds is 12. The van der Waals surface area contributed by atoms with Crippen LogP contribution in [0.5, 0.6) is 0 Å². The lowest BCUT2D eigenvalue weighted by Gasteiger charge is -2.10. The average Bonchev–Trinajstić information content (AvgIpc) is 2.70. The van der Waals surface area contributed by atoms with E-state index in [2.05, 4.69) is 10.6 Å². The second kappa shape index (κ2) is 10.7. The highest BCUT2D eigenvalue weighted by atomic mass is 32.2. The van der Waals surface area contributed by atoms with Crippen LogP contribution >= 0.6 is 0 Å². The molecule has 0 saturated heterocycles. The van der Waals surface area contributed by atoms with Gasteiger partial charge < -0.3 is 10.6 Å². The Hall–Kier alpha value is -3.21. The van der Waals surface area contributed by atoms with Crippen LogP contribution in [0.2, 0.25) is 0 Å². The minimum absolute atomic E-state index is 0.192. The Morgan fingerprint density at radius 2 is 1.16 bits per heavy atom. The van der Waals surface area contributed by atoms with Crippen molar-refractivity contribution in [2.45, 2.75) is 38.2 Å². The predicted molar refractivity (Wildman–Crippen MR) is 120 cm³/mol. The van der Waals surface area contributed by atoms with Crippen LogP contribution in [-0.4, -0.2) is 31.4 Å². The molecule has 0 aliphatic rings. The minimum Gasteiger partial charge on any atom is -0.380 e. The third kappa shape index (κ3) is 6.92. The Morgan fingerprint density at radius 3 is 1.48 bits per heavy atom. The highest BCUT2D eigenvalue weighted by molar-refractivity contribution is 7.89. The van der Waals surface area contributed by atoms with Crippen LogP contribution in [-0.2, 0) is 21.3 Å². The van der Waals surface area contributed by atoms with Gasteiger partial charge in [0.1, 0.15) is 11.4 Å². The van der Waals surface area contributed by atoms with E-state index in [-0.39, 0.29) is 22.5 Å². The van der Waals surface area contributed by atoms with E-state index in [0.717, 1.165) is 12.8 Å². The van der Waals surface area contributed by atoms with Crippen LogP contribution in [0.25, 0.3) is 0 Å². The van der Waals surface area contributed by atoms with Crippen molar-refractivity contribution in [3.05, 3.63) is 67.8 Å². The molecule has 11 heteroatoms. The molecule has 0 aromatic heterocycles. The summed E-state index contributed by atoms with van der Waals surface area (Å²) in [4.78, 5) is 21.6. The molecule has 0 atom stereocenters. The molecule has 0 bridgehead atoms. The Bertz CT molecular complexity index is 978. The molecule has 2 aromatic carbocycles. The van der Waals surface area contributed by atoms with E-state index in [1.54, 1.807) is 0 Å². The molecular formula is C20H26N4O6S. The number of benzene rings is 2. The molecule has 0 amide bonds. The molecule has 10 nitrogen and oxygen atoms in total. The number of sulfone groups is 1. The Kier molecular flexibility index (Phi) is 8.31. The van der Waals surface area contributed by atoms with Crippen molar-refractivity contribution in [2.24, 2.45) is 0 Å². The third-order valence-corrected chi connectivity index (χ3v) is 5.97. The van der Waals surface area contributed by atoms with Crippen LogP contribution < -0.4 is 10.6 Å². The summed E-state index contributed by atoms with van der Waals surface area (Å²) >= 11 is 0. The molecule has 0 saturated carbocycles. The summed E-state index contributed by atoms with van der Waals surface area (Å²) in [5, 5.41) is 28.6. The van der Waals surface area contributed by atoms with Gasteiger partial charge in [0.15, 0.2) is 9.84 Å². The smallest absolute Gasteiger partial charge is 0.292 e. The lowest BCUT2D eigenvalue weighted by Crippen LogP contribution is -2.10. The first-order chi connectivity index (χ1) is 14.7. The van der Waals surface area contributed by atoms with E-state index in [1.807, 2.05) is 13.8 Å². The Labute approximate surface area is 180 Å². The largest absolute Gasteiger partial charge is 0.380 e. The van der Waals surface area contributed by atoms with Crippen molar-refractivity contribution in [3.8, 4) is 0 Å². The zero-order valence-electron chi connectivity index (χ0n) is 17.5. The number of nitrogens with zero attached hydrogens (tertiary/aromatic N) is 2. The first kappa shape index (κ1) is 24.1. The molecule has 168 valence electrons. The fraction of sp³-hybridized carbons (Fsp3) is 0.400. The fourth-order valence-corrected chi connectivity index (χ4v) is 4.49. The minimum atomic E-state index is -3.72. The highest BCUT2D eigenvalue weighted by Crippen LogP contribution is 2.29. The zero-order chi connectivity index (χ0) is 23.0. The van der Waals surface area contributed by atoms with Crippen LogP contribution in [0.15, 0.2) is 36.4 Å². The summed E-state index contributed by atoms with van der Waals surface area (Å²) in [6.07, 6.45) is 1.57. The summed E-state index contributed by atoms with van der Waals surface area (Å²) in [6.45, 7) is 4.97. The molecule has 2 N–H and O–H groups in total. The third-order valence-electron chi connectivity index (χ3n) is 4.42. The molecule has 2 aromatic rings. The maximum atomic E-state index is 12.7. The second-order valence-electron chi connectivity index (χ2n) is 7.10. The predicted octanol–water partition coefficient (Wildman–Crippen LogP) is 4.26. The number of hydrogen-bond acceptors (Lipinski definition) is 8. The summed E-state index contributed by atoms with van der Waals surface area (Å²) in [6, 6.07) is 8.55. The molecule has 0 spiro atoms. The van der Waals surface area contributed by atoms with Gasteiger partial charge in [0.05, 0.1) is 21.4 Å². The highest BCUT2D eigenvalue weighted by Gasteiger charge is 2.21. The molecule has 0 unspecified atom stereocenters.